The first kappa shape index (κ1) is 19.5. The zero-order chi connectivity index (χ0) is 18.6. The minimum absolute atomic E-state index is 0.0110. The molecule has 0 saturated heterocycles. The molecule has 2 N–H and O–H groups in total. The van der Waals surface area contributed by atoms with Crippen molar-refractivity contribution in [1.82, 2.24) is 4.72 Å². The minimum Gasteiger partial charge on any atom is -0.495 e. The number of halogens is 2. The predicted octanol–water partition coefficient (Wildman–Crippen LogP) is 3.31. The fourth-order valence-corrected chi connectivity index (χ4v) is 3.49. The highest BCUT2D eigenvalue weighted by atomic mass is 35.5. The number of sulfonamides is 1. The van der Waals surface area contributed by atoms with Crippen LogP contribution in [0.15, 0.2) is 47.4 Å². The fraction of sp³-hybridized carbons (Fsp3) is 0.188. The summed E-state index contributed by atoms with van der Waals surface area (Å²) >= 11 is 11.7. The van der Waals surface area contributed by atoms with Gasteiger partial charge in [-0.3, -0.25) is 4.79 Å². The van der Waals surface area contributed by atoms with Gasteiger partial charge in [-0.05, 0) is 49.4 Å². The average Bonchev–Trinajstić information content (AvgIpc) is 2.55. The lowest BCUT2D eigenvalue weighted by Gasteiger charge is -2.16. The molecular weight excluding hydrogens is 387 g/mol. The quantitative estimate of drug-likeness (QED) is 0.775. The van der Waals surface area contributed by atoms with Crippen molar-refractivity contribution in [2.75, 3.05) is 12.4 Å². The Morgan fingerprint density at radius 1 is 1.08 bits per heavy atom. The maximum atomic E-state index is 12.3. The summed E-state index contributed by atoms with van der Waals surface area (Å²) < 4.78 is 32.1. The predicted molar refractivity (Wildman–Crippen MR) is 97.9 cm³/mol. The summed E-state index contributed by atoms with van der Waals surface area (Å²) in [5.74, 6) is -0.149. The van der Waals surface area contributed by atoms with Gasteiger partial charge in [0.1, 0.15) is 5.75 Å². The second-order valence-electron chi connectivity index (χ2n) is 5.13. The Morgan fingerprint density at radius 2 is 1.68 bits per heavy atom. The van der Waals surface area contributed by atoms with Gasteiger partial charge in [-0.25, -0.2) is 8.42 Å². The van der Waals surface area contributed by atoms with Gasteiger partial charge in [0.2, 0.25) is 15.9 Å². The van der Waals surface area contributed by atoms with Crippen molar-refractivity contribution in [1.29, 1.82) is 0 Å². The summed E-state index contributed by atoms with van der Waals surface area (Å²) in [6.07, 6.45) is 0. The van der Waals surface area contributed by atoms with Crippen LogP contribution in [0.1, 0.15) is 6.92 Å². The molecule has 25 heavy (non-hydrogen) atoms. The van der Waals surface area contributed by atoms with Crippen molar-refractivity contribution < 1.29 is 17.9 Å². The van der Waals surface area contributed by atoms with Crippen LogP contribution in [0.4, 0.5) is 5.69 Å². The lowest BCUT2D eigenvalue weighted by Crippen LogP contribution is -2.41. The molecule has 2 aromatic carbocycles. The largest absolute Gasteiger partial charge is 0.495 e. The molecule has 0 aliphatic carbocycles. The Bertz CT molecular complexity index is 870. The van der Waals surface area contributed by atoms with Crippen LogP contribution in [0.5, 0.6) is 5.75 Å². The molecule has 6 nitrogen and oxygen atoms in total. The van der Waals surface area contributed by atoms with Crippen LogP contribution in [-0.2, 0) is 14.8 Å². The number of carbonyl (C=O) groups excluding carboxylic acids is 1. The van der Waals surface area contributed by atoms with Gasteiger partial charge in [-0.1, -0.05) is 23.2 Å². The third-order valence-corrected chi connectivity index (χ3v) is 5.31. The van der Waals surface area contributed by atoms with Crippen molar-refractivity contribution in [3.05, 3.63) is 52.5 Å². The van der Waals surface area contributed by atoms with Crippen LogP contribution in [0.3, 0.4) is 0 Å². The number of nitrogens with one attached hydrogen (secondary N) is 2. The Kier molecular flexibility index (Phi) is 6.29. The standard InChI is InChI=1S/C16H16Cl2N2O4S/c1-10(20-25(22,23)13-6-3-11(17)4-7-13)16(21)19-14-9-12(18)5-8-15(14)24-2/h3-10,20H,1-2H3,(H,19,21)/t10-/m0/s1. The molecule has 0 unspecified atom stereocenters. The average molecular weight is 403 g/mol. The molecule has 0 heterocycles. The molecule has 2 rings (SSSR count). The second kappa shape index (κ2) is 8.05. The normalized spacial score (nSPS) is 12.5. The van der Waals surface area contributed by atoms with Gasteiger partial charge < -0.3 is 10.1 Å². The SMILES string of the molecule is COc1ccc(Cl)cc1NC(=O)[C@H](C)NS(=O)(=O)c1ccc(Cl)cc1. The first-order chi connectivity index (χ1) is 11.7. The molecule has 0 spiro atoms. The van der Waals surface area contributed by atoms with Gasteiger partial charge in [0.05, 0.1) is 23.7 Å². The summed E-state index contributed by atoms with van der Waals surface area (Å²) in [6.45, 7) is 1.43. The number of rotatable bonds is 6. The highest BCUT2D eigenvalue weighted by Gasteiger charge is 2.22. The maximum absolute atomic E-state index is 12.3. The van der Waals surface area contributed by atoms with E-state index in [2.05, 4.69) is 10.0 Å². The molecule has 0 aromatic heterocycles. The van der Waals surface area contributed by atoms with Crippen molar-refractivity contribution in [3.63, 3.8) is 0 Å². The lowest BCUT2D eigenvalue weighted by atomic mass is 10.2. The van der Waals surface area contributed by atoms with E-state index in [9.17, 15) is 13.2 Å². The number of hydrogen-bond acceptors (Lipinski definition) is 4. The van der Waals surface area contributed by atoms with Gasteiger partial charge >= 0.3 is 0 Å². The molecule has 0 fully saturated rings. The number of ether oxygens (including phenoxy) is 1. The third kappa shape index (κ3) is 5.09. The van der Waals surface area contributed by atoms with Crippen LogP contribution in [0, 0.1) is 0 Å². The van der Waals surface area contributed by atoms with Gasteiger partial charge in [0.25, 0.3) is 0 Å². The molecule has 0 saturated carbocycles. The topological polar surface area (TPSA) is 84.5 Å². The molecule has 0 bridgehead atoms. The first-order valence-corrected chi connectivity index (χ1v) is 9.39. The number of amides is 1. The van der Waals surface area contributed by atoms with Crippen molar-refractivity contribution in [2.45, 2.75) is 17.9 Å². The number of hydrogen-bond donors (Lipinski definition) is 2. The van der Waals surface area contributed by atoms with E-state index in [0.717, 1.165) is 0 Å². The molecule has 2 aromatic rings. The maximum Gasteiger partial charge on any atom is 0.242 e. The van der Waals surface area contributed by atoms with E-state index in [1.54, 1.807) is 12.1 Å². The Morgan fingerprint density at radius 3 is 2.28 bits per heavy atom. The van der Waals surface area contributed by atoms with Crippen molar-refractivity contribution >= 4 is 44.8 Å². The van der Waals surface area contributed by atoms with Crippen LogP contribution < -0.4 is 14.8 Å². The number of anilines is 1. The van der Waals surface area contributed by atoms with Crippen molar-refractivity contribution in [2.24, 2.45) is 0 Å². The Balaban J connectivity index is 2.12. The molecule has 0 aliphatic heterocycles. The Hall–Kier alpha value is -1.80. The lowest BCUT2D eigenvalue weighted by molar-refractivity contribution is -0.117. The van der Waals surface area contributed by atoms with Crippen LogP contribution in [0.2, 0.25) is 10.0 Å². The molecule has 134 valence electrons. The van der Waals surface area contributed by atoms with Crippen LogP contribution >= 0.6 is 23.2 Å². The van der Waals surface area contributed by atoms with E-state index < -0.39 is 22.0 Å². The molecule has 9 heteroatoms. The molecule has 1 amide bonds. The molecule has 0 aliphatic rings. The summed E-state index contributed by atoms with van der Waals surface area (Å²) in [6, 6.07) is 9.33. The molecule has 1 atom stereocenters. The molecular formula is C16H16Cl2N2O4S. The van der Waals surface area contributed by atoms with E-state index in [4.69, 9.17) is 27.9 Å². The highest BCUT2D eigenvalue weighted by Crippen LogP contribution is 2.27. The smallest absolute Gasteiger partial charge is 0.242 e. The zero-order valence-electron chi connectivity index (χ0n) is 13.4. The summed E-state index contributed by atoms with van der Waals surface area (Å²) in [7, 11) is -2.41. The first-order valence-electron chi connectivity index (χ1n) is 7.15. The summed E-state index contributed by atoms with van der Waals surface area (Å²) in [5, 5.41) is 3.41. The fourth-order valence-electron chi connectivity index (χ4n) is 1.99. The van der Waals surface area contributed by atoms with Crippen LogP contribution in [-0.4, -0.2) is 27.5 Å². The highest BCUT2D eigenvalue weighted by molar-refractivity contribution is 7.89. The van der Waals surface area contributed by atoms with Crippen molar-refractivity contribution in [3.8, 4) is 5.75 Å². The minimum atomic E-state index is -3.86. The van der Waals surface area contributed by atoms with E-state index in [1.807, 2.05) is 0 Å². The zero-order valence-corrected chi connectivity index (χ0v) is 15.7. The van der Waals surface area contributed by atoms with E-state index >= 15 is 0 Å². The van der Waals surface area contributed by atoms with Gasteiger partial charge in [0.15, 0.2) is 0 Å². The van der Waals surface area contributed by atoms with E-state index in [-0.39, 0.29) is 4.90 Å². The van der Waals surface area contributed by atoms with E-state index in [0.29, 0.717) is 21.5 Å². The van der Waals surface area contributed by atoms with Gasteiger partial charge in [-0.2, -0.15) is 4.72 Å². The summed E-state index contributed by atoms with van der Waals surface area (Å²) in [4.78, 5) is 12.3. The van der Waals surface area contributed by atoms with Gasteiger partial charge in [0, 0.05) is 10.0 Å². The van der Waals surface area contributed by atoms with Crippen LogP contribution in [0.25, 0.3) is 0 Å². The number of benzene rings is 2. The second-order valence-corrected chi connectivity index (χ2v) is 7.72. The van der Waals surface area contributed by atoms with Gasteiger partial charge in [-0.15, -0.1) is 0 Å². The Labute approximate surface area is 156 Å². The third-order valence-electron chi connectivity index (χ3n) is 3.27. The summed E-state index contributed by atoms with van der Waals surface area (Å²) in [5.41, 5.74) is 0.345. The molecule has 0 radical (unpaired) electrons. The van der Waals surface area contributed by atoms with E-state index in [1.165, 1.54) is 44.4 Å². The monoisotopic (exact) mass is 402 g/mol. The number of carbonyl (C=O) groups is 1. The number of methoxy groups -OCH3 is 1.